The van der Waals surface area contributed by atoms with Gasteiger partial charge in [0.25, 0.3) is 0 Å². The zero-order chi connectivity index (χ0) is 14.5. The molecule has 0 bridgehead atoms. The summed E-state index contributed by atoms with van der Waals surface area (Å²) in [5.41, 5.74) is -0.177. The normalized spacial score (nSPS) is 17.4. The Labute approximate surface area is 115 Å². The molecule has 2 N–H and O–H groups in total. The van der Waals surface area contributed by atoms with Gasteiger partial charge in [0, 0.05) is 6.54 Å². The number of rotatable bonds is 6. The van der Waals surface area contributed by atoms with Crippen molar-refractivity contribution < 1.29 is 23.0 Å². The number of nitrogens with one attached hydrogen (secondary N) is 1. The minimum Gasteiger partial charge on any atom is -0.389 e. The fourth-order valence-electron chi connectivity index (χ4n) is 2.25. The zero-order valence-corrected chi connectivity index (χ0v) is 11.0. The highest BCUT2D eigenvalue weighted by atomic mass is 19.2. The van der Waals surface area contributed by atoms with E-state index in [1.807, 2.05) is 0 Å². The van der Waals surface area contributed by atoms with Gasteiger partial charge in [0.2, 0.25) is 0 Å². The monoisotopic (exact) mass is 289 g/mol. The van der Waals surface area contributed by atoms with Crippen molar-refractivity contribution in [1.29, 1.82) is 0 Å². The van der Waals surface area contributed by atoms with E-state index in [0.717, 1.165) is 37.8 Å². The third-order valence-corrected chi connectivity index (χ3v) is 3.39. The average molecular weight is 289 g/mol. The first kappa shape index (κ1) is 15.1. The van der Waals surface area contributed by atoms with E-state index in [2.05, 4.69) is 5.32 Å². The molecular formula is C14H18F3NO2. The molecule has 0 heterocycles. The lowest BCUT2D eigenvalue weighted by molar-refractivity contribution is -0.00119. The molecule has 0 saturated heterocycles. The number of halogens is 3. The smallest absolute Gasteiger partial charge is 0.196 e. The van der Waals surface area contributed by atoms with Crippen molar-refractivity contribution in [2.45, 2.75) is 37.9 Å². The molecule has 6 heteroatoms. The molecule has 3 nitrogen and oxygen atoms in total. The average Bonchev–Trinajstić information content (AvgIpc) is 2.95. The van der Waals surface area contributed by atoms with Crippen molar-refractivity contribution in [3.05, 3.63) is 29.6 Å². The summed E-state index contributed by atoms with van der Waals surface area (Å²) in [6, 6.07) is 1.93. The van der Waals surface area contributed by atoms with Crippen LogP contribution in [0.1, 0.15) is 25.7 Å². The molecule has 1 aromatic carbocycles. The Morgan fingerprint density at radius 3 is 2.60 bits per heavy atom. The first-order valence-corrected chi connectivity index (χ1v) is 6.75. The molecule has 0 spiro atoms. The number of aliphatic hydroxyl groups excluding tert-OH is 1. The number of ether oxygens (including phenoxy) is 1. The van der Waals surface area contributed by atoms with E-state index in [1.165, 1.54) is 0 Å². The van der Waals surface area contributed by atoms with E-state index in [1.54, 1.807) is 0 Å². The summed E-state index contributed by atoms with van der Waals surface area (Å²) in [6.07, 6.45) is 3.63. The van der Waals surface area contributed by atoms with E-state index >= 15 is 0 Å². The second-order valence-corrected chi connectivity index (χ2v) is 5.00. The van der Waals surface area contributed by atoms with Crippen LogP contribution in [0, 0.1) is 17.5 Å². The fraction of sp³-hybridized carbons (Fsp3) is 0.571. The van der Waals surface area contributed by atoms with Crippen LogP contribution in [-0.4, -0.2) is 30.5 Å². The van der Waals surface area contributed by atoms with E-state index in [4.69, 9.17) is 4.74 Å². The SMILES string of the molecule is OC(CNc1ccc(F)c(F)c1F)COC1CCCC1. The van der Waals surface area contributed by atoms with Crippen LogP contribution in [-0.2, 0) is 4.74 Å². The predicted octanol–water partition coefficient (Wildman–Crippen LogP) is 2.84. The quantitative estimate of drug-likeness (QED) is 0.791. The van der Waals surface area contributed by atoms with Crippen molar-refractivity contribution in [2.75, 3.05) is 18.5 Å². The van der Waals surface area contributed by atoms with Crippen molar-refractivity contribution >= 4 is 5.69 Å². The fourth-order valence-corrected chi connectivity index (χ4v) is 2.25. The van der Waals surface area contributed by atoms with Gasteiger partial charge in [0.1, 0.15) is 0 Å². The largest absolute Gasteiger partial charge is 0.389 e. The summed E-state index contributed by atoms with van der Waals surface area (Å²) < 4.78 is 44.6. The molecular weight excluding hydrogens is 271 g/mol. The van der Waals surface area contributed by atoms with E-state index in [9.17, 15) is 18.3 Å². The molecule has 1 aliphatic carbocycles. The lowest BCUT2D eigenvalue weighted by Crippen LogP contribution is -2.27. The Hall–Kier alpha value is -1.27. The Morgan fingerprint density at radius 2 is 1.90 bits per heavy atom. The van der Waals surface area contributed by atoms with Gasteiger partial charge in [0.05, 0.1) is 24.5 Å². The highest BCUT2D eigenvalue weighted by Gasteiger charge is 2.18. The first-order chi connectivity index (χ1) is 9.58. The van der Waals surface area contributed by atoms with E-state index < -0.39 is 23.6 Å². The van der Waals surface area contributed by atoms with Crippen LogP contribution >= 0.6 is 0 Å². The highest BCUT2D eigenvalue weighted by molar-refractivity contribution is 5.45. The Balaban J connectivity index is 1.78. The van der Waals surface area contributed by atoms with Gasteiger partial charge in [-0.15, -0.1) is 0 Å². The molecule has 1 aliphatic rings. The van der Waals surface area contributed by atoms with Gasteiger partial charge in [0.15, 0.2) is 17.5 Å². The Bertz CT molecular complexity index is 450. The van der Waals surface area contributed by atoms with Crippen molar-refractivity contribution in [3.63, 3.8) is 0 Å². The third-order valence-electron chi connectivity index (χ3n) is 3.39. The second-order valence-electron chi connectivity index (χ2n) is 5.00. The predicted molar refractivity (Wildman–Crippen MR) is 69.0 cm³/mol. The Kier molecular flexibility index (Phi) is 5.25. The lowest BCUT2D eigenvalue weighted by Gasteiger charge is -2.16. The van der Waals surface area contributed by atoms with E-state index in [-0.39, 0.29) is 24.9 Å². The first-order valence-electron chi connectivity index (χ1n) is 6.75. The summed E-state index contributed by atoms with van der Waals surface area (Å²) in [5.74, 6) is -4.04. The van der Waals surface area contributed by atoms with Crippen LogP contribution in [0.5, 0.6) is 0 Å². The van der Waals surface area contributed by atoms with Crippen LogP contribution in [0.15, 0.2) is 12.1 Å². The number of anilines is 1. The topological polar surface area (TPSA) is 41.5 Å². The third kappa shape index (κ3) is 3.86. The summed E-state index contributed by atoms with van der Waals surface area (Å²) in [5, 5.41) is 12.3. The summed E-state index contributed by atoms with van der Waals surface area (Å²) in [6.45, 7) is 0.150. The summed E-state index contributed by atoms with van der Waals surface area (Å²) in [7, 11) is 0. The maximum Gasteiger partial charge on any atom is 0.196 e. The number of hydrogen-bond donors (Lipinski definition) is 2. The molecule has 20 heavy (non-hydrogen) atoms. The molecule has 1 fully saturated rings. The van der Waals surface area contributed by atoms with Crippen molar-refractivity contribution in [2.24, 2.45) is 0 Å². The number of benzene rings is 1. The van der Waals surface area contributed by atoms with Gasteiger partial charge >= 0.3 is 0 Å². The maximum atomic E-state index is 13.4. The molecule has 0 radical (unpaired) electrons. The molecule has 1 atom stereocenters. The molecule has 2 rings (SSSR count). The summed E-state index contributed by atoms with van der Waals surface area (Å²) >= 11 is 0. The minimum absolute atomic E-state index is 0.00864. The second kappa shape index (κ2) is 6.95. The van der Waals surface area contributed by atoms with Crippen LogP contribution < -0.4 is 5.32 Å². The van der Waals surface area contributed by atoms with Gasteiger partial charge in [-0.2, -0.15) is 0 Å². The summed E-state index contributed by atoms with van der Waals surface area (Å²) in [4.78, 5) is 0. The van der Waals surface area contributed by atoms with Gasteiger partial charge in [-0.3, -0.25) is 0 Å². The van der Waals surface area contributed by atoms with Gasteiger partial charge in [-0.25, -0.2) is 13.2 Å². The van der Waals surface area contributed by atoms with Crippen LogP contribution in [0.4, 0.5) is 18.9 Å². The van der Waals surface area contributed by atoms with Crippen molar-refractivity contribution in [3.8, 4) is 0 Å². The van der Waals surface area contributed by atoms with Crippen LogP contribution in [0.25, 0.3) is 0 Å². The van der Waals surface area contributed by atoms with Crippen LogP contribution in [0.2, 0.25) is 0 Å². The lowest BCUT2D eigenvalue weighted by atomic mass is 10.2. The van der Waals surface area contributed by atoms with Crippen molar-refractivity contribution in [1.82, 2.24) is 0 Å². The van der Waals surface area contributed by atoms with Gasteiger partial charge in [-0.05, 0) is 25.0 Å². The number of aliphatic hydroxyl groups is 1. The molecule has 1 saturated carbocycles. The van der Waals surface area contributed by atoms with Gasteiger partial charge < -0.3 is 15.2 Å². The molecule has 1 unspecified atom stereocenters. The number of hydrogen-bond acceptors (Lipinski definition) is 3. The van der Waals surface area contributed by atoms with Gasteiger partial charge in [-0.1, -0.05) is 12.8 Å². The minimum atomic E-state index is -1.52. The highest BCUT2D eigenvalue weighted by Crippen LogP contribution is 2.21. The standard InChI is InChI=1S/C14H18F3NO2/c15-11-5-6-12(14(17)13(11)16)18-7-9(19)8-20-10-3-1-2-4-10/h5-6,9-10,18-19H,1-4,7-8H2. The maximum absolute atomic E-state index is 13.4. The van der Waals surface area contributed by atoms with E-state index in [0.29, 0.717) is 0 Å². The zero-order valence-electron chi connectivity index (χ0n) is 11.0. The molecule has 0 aromatic heterocycles. The Morgan fingerprint density at radius 1 is 1.20 bits per heavy atom. The molecule has 1 aromatic rings. The van der Waals surface area contributed by atoms with Crippen LogP contribution in [0.3, 0.4) is 0 Å². The molecule has 112 valence electrons. The molecule has 0 aliphatic heterocycles. The molecule has 0 amide bonds.